The van der Waals surface area contributed by atoms with E-state index in [-0.39, 0.29) is 16.9 Å². The first kappa shape index (κ1) is 15.6. The molecule has 0 spiro atoms. The van der Waals surface area contributed by atoms with Gasteiger partial charge in [-0.3, -0.25) is 0 Å². The first-order chi connectivity index (χ1) is 8.12. The van der Waals surface area contributed by atoms with E-state index < -0.39 is 5.60 Å². The Morgan fingerprint density at radius 3 is 2.61 bits per heavy atom. The summed E-state index contributed by atoms with van der Waals surface area (Å²) in [6, 6.07) is -0.0116. The van der Waals surface area contributed by atoms with Crippen molar-refractivity contribution >= 4 is 17.9 Å². The molecule has 2 atom stereocenters. The monoisotopic (exact) mass is 274 g/mol. The van der Waals surface area contributed by atoms with E-state index >= 15 is 0 Å². The summed E-state index contributed by atoms with van der Waals surface area (Å²) in [6.45, 7) is 10.5. The van der Waals surface area contributed by atoms with Crippen molar-refractivity contribution in [2.75, 3.05) is 12.3 Å². The van der Waals surface area contributed by atoms with Gasteiger partial charge in [-0.1, -0.05) is 13.8 Å². The van der Waals surface area contributed by atoms with Gasteiger partial charge in [0, 0.05) is 17.3 Å². The Labute approximate surface area is 114 Å². The molecule has 0 aromatic rings. The number of nitrogens with one attached hydrogen (secondary N) is 1. The van der Waals surface area contributed by atoms with Crippen LogP contribution in [0.25, 0.3) is 0 Å². The molecule has 0 aromatic carbocycles. The van der Waals surface area contributed by atoms with Crippen LogP contribution in [0.15, 0.2) is 0 Å². The summed E-state index contributed by atoms with van der Waals surface area (Å²) in [5.41, 5.74) is 5.72. The lowest BCUT2D eigenvalue weighted by molar-refractivity contribution is 0.0520. The predicted molar refractivity (Wildman–Crippen MR) is 76.9 cm³/mol. The van der Waals surface area contributed by atoms with Gasteiger partial charge in [-0.15, -0.1) is 0 Å². The molecule has 1 heterocycles. The molecule has 4 nitrogen and oxygen atoms in total. The van der Waals surface area contributed by atoms with Crippen LogP contribution in [0.4, 0.5) is 4.79 Å². The number of carbonyl (C=O) groups is 1. The van der Waals surface area contributed by atoms with Gasteiger partial charge in [0.25, 0.3) is 0 Å². The number of alkyl carbamates (subject to hydrolysis) is 1. The average molecular weight is 274 g/mol. The van der Waals surface area contributed by atoms with Gasteiger partial charge in [-0.2, -0.15) is 11.8 Å². The van der Waals surface area contributed by atoms with Crippen molar-refractivity contribution in [1.82, 2.24) is 5.32 Å². The Hall–Kier alpha value is -0.420. The molecule has 1 saturated heterocycles. The lowest BCUT2D eigenvalue weighted by Crippen LogP contribution is -2.47. The Bertz CT molecular complexity index is 300. The molecular formula is C13H26N2O2S. The minimum Gasteiger partial charge on any atom is -0.444 e. The molecule has 106 valence electrons. The Morgan fingerprint density at radius 1 is 1.56 bits per heavy atom. The summed E-state index contributed by atoms with van der Waals surface area (Å²) in [4.78, 5) is 11.5. The van der Waals surface area contributed by atoms with Crippen LogP contribution in [-0.2, 0) is 4.74 Å². The van der Waals surface area contributed by atoms with Crippen LogP contribution >= 0.6 is 11.8 Å². The molecule has 5 heteroatoms. The largest absolute Gasteiger partial charge is 0.444 e. The van der Waals surface area contributed by atoms with Gasteiger partial charge in [0.2, 0.25) is 0 Å². The predicted octanol–water partition coefficient (Wildman–Crippen LogP) is 2.37. The van der Waals surface area contributed by atoms with Gasteiger partial charge < -0.3 is 15.8 Å². The molecule has 1 amide bonds. The molecule has 0 aromatic heterocycles. The smallest absolute Gasteiger partial charge is 0.407 e. The zero-order chi connectivity index (χ0) is 14.0. The second-order valence-corrected chi connectivity index (χ2v) is 8.14. The Kier molecular flexibility index (Phi) is 4.95. The van der Waals surface area contributed by atoms with Crippen LogP contribution in [0, 0.1) is 5.92 Å². The van der Waals surface area contributed by atoms with E-state index in [4.69, 9.17) is 10.5 Å². The fraction of sp³-hybridized carbons (Fsp3) is 0.923. The summed E-state index contributed by atoms with van der Waals surface area (Å²) in [5.74, 6) is 1.59. The number of nitrogens with two attached hydrogens (primary N) is 1. The summed E-state index contributed by atoms with van der Waals surface area (Å²) < 4.78 is 5.40. The maximum Gasteiger partial charge on any atom is 0.407 e. The van der Waals surface area contributed by atoms with Gasteiger partial charge in [-0.05, 0) is 38.9 Å². The summed E-state index contributed by atoms with van der Waals surface area (Å²) in [6.07, 6.45) is 0.732. The van der Waals surface area contributed by atoms with E-state index in [1.54, 1.807) is 0 Å². The van der Waals surface area contributed by atoms with E-state index in [0.717, 1.165) is 12.2 Å². The van der Waals surface area contributed by atoms with E-state index in [1.807, 2.05) is 32.5 Å². The molecule has 2 unspecified atom stereocenters. The second-order valence-electron chi connectivity index (χ2n) is 6.39. The number of amides is 1. The lowest BCUT2D eigenvalue weighted by atomic mass is 9.86. The minimum absolute atomic E-state index is 0.0116. The first-order valence-electron chi connectivity index (χ1n) is 6.48. The standard InChI is InChI=1S/C13H26N2O2S/c1-12(2,3)17-11(16)15-8-10(14)9-6-7-18-13(9,4)5/h9-10H,6-8,14H2,1-5H3,(H,15,16). The summed E-state index contributed by atoms with van der Waals surface area (Å²) in [5, 5.41) is 2.76. The van der Waals surface area contributed by atoms with Crippen LogP contribution in [0.1, 0.15) is 41.0 Å². The SMILES string of the molecule is CC(C)(C)OC(=O)NCC(N)C1CCSC1(C)C. The molecule has 0 aliphatic carbocycles. The van der Waals surface area contributed by atoms with Crippen LogP contribution in [-0.4, -0.2) is 34.8 Å². The number of hydrogen-bond donors (Lipinski definition) is 2. The third-order valence-electron chi connectivity index (χ3n) is 3.19. The van der Waals surface area contributed by atoms with Crippen molar-refractivity contribution in [3.8, 4) is 0 Å². The van der Waals surface area contributed by atoms with Gasteiger partial charge in [0.05, 0.1) is 0 Å². The normalized spacial score (nSPS) is 24.7. The van der Waals surface area contributed by atoms with E-state index in [0.29, 0.717) is 12.5 Å². The van der Waals surface area contributed by atoms with Crippen LogP contribution < -0.4 is 11.1 Å². The van der Waals surface area contributed by atoms with Crippen molar-refractivity contribution in [1.29, 1.82) is 0 Å². The summed E-state index contributed by atoms with van der Waals surface area (Å²) in [7, 11) is 0. The number of hydrogen-bond acceptors (Lipinski definition) is 4. The van der Waals surface area contributed by atoms with Crippen LogP contribution in [0.5, 0.6) is 0 Å². The molecular weight excluding hydrogens is 248 g/mol. The van der Waals surface area contributed by atoms with Crippen molar-refractivity contribution in [2.45, 2.75) is 57.4 Å². The maximum atomic E-state index is 11.5. The van der Waals surface area contributed by atoms with Crippen LogP contribution in [0.3, 0.4) is 0 Å². The van der Waals surface area contributed by atoms with Gasteiger partial charge >= 0.3 is 6.09 Å². The third-order valence-corrected chi connectivity index (χ3v) is 4.68. The quantitative estimate of drug-likeness (QED) is 0.829. The molecule has 0 saturated carbocycles. The number of rotatable bonds is 3. The zero-order valence-electron chi connectivity index (χ0n) is 12.1. The molecule has 1 fully saturated rings. The fourth-order valence-electron chi connectivity index (χ4n) is 2.29. The first-order valence-corrected chi connectivity index (χ1v) is 7.47. The molecule has 1 rings (SSSR count). The average Bonchev–Trinajstić information content (AvgIpc) is 2.52. The fourth-order valence-corrected chi connectivity index (χ4v) is 3.70. The summed E-state index contributed by atoms with van der Waals surface area (Å²) >= 11 is 1.96. The Morgan fingerprint density at radius 2 is 2.17 bits per heavy atom. The molecule has 3 N–H and O–H groups in total. The van der Waals surface area contributed by atoms with E-state index in [2.05, 4.69) is 19.2 Å². The lowest BCUT2D eigenvalue weighted by Gasteiger charge is -2.31. The molecule has 18 heavy (non-hydrogen) atoms. The van der Waals surface area contributed by atoms with Gasteiger partial charge in [0.1, 0.15) is 5.60 Å². The zero-order valence-corrected chi connectivity index (χ0v) is 12.9. The highest BCUT2D eigenvalue weighted by Crippen LogP contribution is 2.43. The maximum absolute atomic E-state index is 11.5. The van der Waals surface area contributed by atoms with Gasteiger partial charge in [0.15, 0.2) is 0 Å². The van der Waals surface area contributed by atoms with Crippen molar-refractivity contribution < 1.29 is 9.53 Å². The minimum atomic E-state index is -0.462. The highest BCUT2D eigenvalue weighted by Gasteiger charge is 2.38. The number of carbonyl (C=O) groups excluding carboxylic acids is 1. The van der Waals surface area contributed by atoms with Crippen molar-refractivity contribution in [2.24, 2.45) is 11.7 Å². The van der Waals surface area contributed by atoms with Crippen LogP contribution in [0.2, 0.25) is 0 Å². The molecule has 0 radical (unpaired) electrons. The van der Waals surface area contributed by atoms with Crippen molar-refractivity contribution in [3.05, 3.63) is 0 Å². The number of thioether (sulfide) groups is 1. The van der Waals surface area contributed by atoms with Gasteiger partial charge in [-0.25, -0.2) is 4.79 Å². The highest BCUT2D eigenvalue weighted by atomic mass is 32.2. The highest BCUT2D eigenvalue weighted by molar-refractivity contribution is 8.00. The topological polar surface area (TPSA) is 64.3 Å². The second kappa shape index (κ2) is 5.70. The third kappa shape index (κ3) is 4.69. The molecule has 0 bridgehead atoms. The Balaban J connectivity index is 2.37. The molecule has 1 aliphatic heterocycles. The van der Waals surface area contributed by atoms with E-state index in [9.17, 15) is 4.79 Å². The number of ether oxygens (including phenoxy) is 1. The van der Waals surface area contributed by atoms with Crippen molar-refractivity contribution in [3.63, 3.8) is 0 Å². The van der Waals surface area contributed by atoms with E-state index in [1.165, 1.54) is 0 Å². The molecule has 1 aliphatic rings.